The number of rotatable bonds is 3. The molecule has 4 nitrogen and oxygen atoms in total. The Hall–Kier alpha value is -1.39. The third-order valence-electron chi connectivity index (χ3n) is 2.02. The molecular formula is C10H9BrFNO3. The summed E-state index contributed by atoms with van der Waals surface area (Å²) >= 11 is 3.11. The van der Waals surface area contributed by atoms with Gasteiger partial charge in [-0.3, -0.25) is 0 Å². The molecule has 0 aliphatic rings. The zero-order chi connectivity index (χ0) is 12.3. The number of carbonyl (C=O) groups excluding carboxylic acids is 1. The Morgan fingerprint density at radius 2 is 2.25 bits per heavy atom. The highest BCUT2D eigenvalue weighted by atomic mass is 79.9. The summed E-state index contributed by atoms with van der Waals surface area (Å²) in [5.74, 6) is -2.28. The van der Waals surface area contributed by atoms with Crippen molar-refractivity contribution in [3.8, 4) is 11.5 Å². The highest BCUT2D eigenvalue weighted by Crippen LogP contribution is 2.39. The Morgan fingerprint density at radius 1 is 1.62 bits per heavy atom. The first-order valence-corrected chi connectivity index (χ1v) is 5.06. The van der Waals surface area contributed by atoms with Gasteiger partial charge in [0.1, 0.15) is 0 Å². The van der Waals surface area contributed by atoms with Crippen LogP contribution in [0.1, 0.15) is 12.5 Å². The molecule has 0 aromatic heterocycles. The van der Waals surface area contributed by atoms with E-state index in [1.807, 2.05) is 0 Å². The lowest BCUT2D eigenvalue weighted by Gasteiger charge is -2.16. The van der Waals surface area contributed by atoms with Crippen molar-refractivity contribution < 1.29 is 19.0 Å². The van der Waals surface area contributed by atoms with Gasteiger partial charge in [-0.2, -0.15) is 4.99 Å². The second-order valence-electron chi connectivity index (χ2n) is 3.16. The summed E-state index contributed by atoms with van der Waals surface area (Å²) in [4.78, 5) is 13.1. The number of ether oxygens (including phenoxy) is 1. The third kappa shape index (κ3) is 2.40. The molecule has 1 aromatic rings. The summed E-state index contributed by atoms with van der Waals surface area (Å²) in [6, 6.07) is 2.53. The largest absolute Gasteiger partial charge is 0.504 e. The molecule has 1 aromatic carbocycles. The topological polar surface area (TPSA) is 58.9 Å². The van der Waals surface area contributed by atoms with Gasteiger partial charge in [0.15, 0.2) is 11.5 Å². The number of halogens is 2. The lowest BCUT2D eigenvalue weighted by Crippen LogP contribution is -2.12. The monoisotopic (exact) mass is 289 g/mol. The van der Waals surface area contributed by atoms with E-state index in [1.165, 1.54) is 13.2 Å². The molecule has 1 rings (SSSR count). The molecule has 0 heterocycles. The van der Waals surface area contributed by atoms with Crippen LogP contribution in [0.4, 0.5) is 4.39 Å². The van der Waals surface area contributed by atoms with Gasteiger partial charge in [-0.15, -0.1) is 0 Å². The molecule has 0 fully saturated rings. The average molecular weight is 290 g/mol. The molecule has 0 amide bonds. The lowest BCUT2D eigenvalue weighted by atomic mass is 10.1. The molecular weight excluding hydrogens is 281 g/mol. The predicted octanol–water partition coefficient (Wildman–Crippen LogP) is 2.64. The van der Waals surface area contributed by atoms with Crippen LogP contribution in [0.5, 0.6) is 11.5 Å². The van der Waals surface area contributed by atoms with E-state index < -0.39 is 5.79 Å². The number of benzene rings is 1. The molecule has 16 heavy (non-hydrogen) atoms. The van der Waals surface area contributed by atoms with Crippen molar-refractivity contribution in [1.82, 2.24) is 0 Å². The van der Waals surface area contributed by atoms with E-state index in [0.717, 1.165) is 19.1 Å². The minimum Gasteiger partial charge on any atom is -0.504 e. The number of aliphatic imine (C=N–C) groups is 1. The number of nitrogens with zero attached hydrogens (tertiary/aromatic N) is 1. The minimum atomic E-state index is -2.25. The fraction of sp³-hybridized carbons (Fsp3) is 0.300. The van der Waals surface area contributed by atoms with Crippen LogP contribution in [0.3, 0.4) is 0 Å². The number of hydrogen-bond donors (Lipinski definition) is 1. The molecule has 0 aliphatic heterocycles. The summed E-state index contributed by atoms with van der Waals surface area (Å²) in [5, 5.41) is 9.49. The van der Waals surface area contributed by atoms with E-state index in [1.54, 1.807) is 0 Å². The Kier molecular flexibility index (Phi) is 3.67. The highest BCUT2D eigenvalue weighted by molar-refractivity contribution is 9.10. The smallest absolute Gasteiger partial charge is 0.238 e. The van der Waals surface area contributed by atoms with Gasteiger partial charge in [0.2, 0.25) is 11.9 Å². The molecule has 0 radical (unpaired) electrons. The van der Waals surface area contributed by atoms with Gasteiger partial charge >= 0.3 is 0 Å². The minimum absolute atomic E-state index is 0.0224. The number of isocyanates is 1. The van der Waals surface area contributed by atoms with Crippen LogP contribution < -0.4 is 4.74 Å². The van der Waals surface area contributed by atoms with E-state index in [4.69, 9.17) is 4.74 Å². The maximum atomic E-state index is 13.9. The first-order chi connectivity index (χ1) is 7.42. The Morgan fingerprint density at radius 3 is 2.75 bits per heavy atom. The number of phenols is 1. The standard InChI is InChI=1S/C10H9BrFNO3/c1-10(12,13-5-14)6-3-8(15)9(16-2)4-7(6)11/h3-4,15H,1-2H3. The van der Waals surface area contributed by atoms with Crippen LogP contribution in [-0.2, 0) is 10.6 Å². The van der Waals surface area contributed by atoms with Crippen LogP contribution in [0.15, 0.2) is 21.6 Å². The number of hydrogen-bond acceptors (Lipinski definition) is 4. The van der Waals surface area contributed by atoms with E-state index in [2.05, 4.69) is 20.9 Å². The lowest BCUT2D eigenvalue weighted by molar-refractivity contribution is 0.204. The van der Waals surface area contributed by atoms with E-state index >= 15 is 0 Å². The van der Waals surface area contributed by atoms with Crippen molar-refractivity contribution in [2.24, 2.45) is 4.99 Å². The second-order valence-corrected chi connectivity index (χ2v) is 4.01. The van der Waals surface area contributed by atoms with Crippen LogP contribution in [0, 0.1) is 0 Å². The maximum Gasteiger partial charge on any atom is 0.238 e. The van der Waals surface area contributed by atoms with Crippen LogP contribution in [0.2, 0.25) is 0 Å². The van der Waals surface area contributed by atoms with Gasteiger partial charge in [-0.25, -0.2) is 9.18 Å². The van der Waals surface area contributed by atoms with Gasteiger partial charge < -0.3 is 9.84 Å². The van der Waals surface area contributed by atoms with Crippen molar-refractivity contribution in [2.45, 2.75) is 12.7 Å². The number of methoxy groups -OCH3 is 1. The molecule has 0 bridgehead atoms. The third-order valence-corrected chi connectivity index (χ3v) is 2.67. The summed E-state index contributed by atoms with van der Waals surface area (Å²) < 4.78 is 19.1. The number of aromatic hydroxyl groups is 1. The summed E-state index contributed by atoms with van der Waals surface area (Å²) in [7, 11) is 1.37. The Labute approximate surface area is 99.9 Å². The Bertz CT molecular complexity index is 456. The first-order valence-electron chi connectivity index (χ1n) is 4.27. The van der Waals surface area contributed by atoms with Crippen LogP contribution >= 0.6 is 15.9 Å². The van der Waals surface area contributed by atoms with E-state index in [9.17, 15) is 14.3 Å². The fourth-order valence-corrected chi connectivity index (χ4v) is 1.89. The normalized spacial score (nSPS) is 13.8. The fourth-order valence-electron chi connectivity index (χ4n) is 1.20. The van der Waals surface area contributed by atoms with Gasteiger partial charge in [0.25, 0.3) is 0 Å². The quantitative estimate of drug-likeness (QED) is 0.529. The number of phenolic OH excluding ortho intramolecular Hbond substituents is 1. The van der Waals surface area contributed by atoms with E-state index in [0.29, 0.717) is 4.47 Å². The van der Waals surface area contributed by atoms with Gasteiger partial charge in [-0.05, 0) is 19.1 Å². The Balaban J connectivity index is 3.36. The van der Waals surface area contributed by atoms with Crippen molar-refractivity contribution in [1.29, 1.82) is 0 Å². The molecule has 0 spiro atoms. The number of alkyl halides is 1. The molecule has 1 N–H and O–H groups in total. The average Bonchev–Trinajstić information content (AvgIpc) is 2.20. The summed E-state index contributed by atoms with van der Waals surface area (Å²) in [5.41, 5.74) is 0.0224. The summed E-state index contributed by atoms with van der Waals surface area (Å²) in [6.07, 6.45) is 1.15. The van der Waals surface area contributed by atoms with Crippen molar-refractivity contribution in [3.63, 3.8) is 0 Å². The molecule has 0 saturated heterocycles. The zero-order valence-corrected chi connectivity index (χ0v) is 10.2. The SMILES string of the molecule is COc1cc(Br)c(C(C)(F)N=C=O)cc1O. The first kappa shape index (κ1) is 12.7. The molecule has 86 valence electrons. The van der Waals surface area contributed by atoms with Crippen molar-refractivity contribution in [3.05, 3.63) is 22.2 Å². The zero-order valence-electron chi connectivity index (χ0n) is 8.62. The molecule has 1 unspecified atom stereocenters. The summed E-state index contributed by atoms with van der Waals surface area (Å²) in [6.45, 7) is 1.09. The molecule has 1 atom stereocenters. The molecule has 6 heteroatoms. The van der Waals surface area contributed by atoms with Crippen molar-refractivity contribution in [2.75, 3.05) is 7.11 Å². The molecule has 0 aliphatic carbocycles. The van der Waals surface area contributed by atoms with Crippen LogP contribution in [0.25, 0.3) is 0 Å². The molecule has 0 saturated carbocycles. The second kappa shape index (κ2) is 4.63. The van der Waals surface area contributed by atoms with E-state index in [-0.39, 0.29) is 17.1 Å². The van der Waals surface area contributed by atoms with Gasteiger partial charge in [-0.1, -0.05) is 15.9 Å². The van der Waals surface area contributed by atoms with Crippen LogP contribution in [-0.4, -0.2) is 18.3 Å². The highest BCUT2D eigenvalue weighted by Gasteiger charge is 2.29. The van der Waals surface area contributed by atoms with Gasteiger partial charge in [0.05, 0.1) is 7.11 Å². The van der Waals surface area contributed by atoms with Crippen molar-refractivity contribution >= 4 is 22.0 Å². The van der Waals surface area contributed by atoms with Gasteiger partial charge in [0, 0.05) is 10.0 Å². The predicted molar refractivity (Wildman–Crippen MR) is 58.9 cm³/mol. The maximum absolute atomic E-state index is 13.9.